The van der Waals surface area contributed by atoms with Crippen LogP contribution in [-0.2, 0) is 33.6 Å². The summed E-state index contributed by atoms with van der Waals surface area (Å²) in [5.74, 6) is -0.819. The predicted octanol–water partition coefficient (Wildman–Crippen LogP) is 3.35. The van der Waals surface area contributed by atoms with Gasteiger partial charge in [0.1, 0.15) is 11.3 Å². The lowest BCUT2D eigenvalue weighted by molar-refractivity contribution is -0.146. The number of nitrogens with one attached hydrogen (secondary N) is 1. The van der Waals surface area contributed by atoms with Crippen LogP contribution in [0.25, 0.3) is 11.0 Å². The van der Waals surface area contributed by atoms with E-state index in [1.54, 1.807) is 18.4 Å². The summed E-state index contributed by atoms with van der Waals surface area (Å²) in [6.07, 6.45) is 4.91. The van der Waals surface area contributed by atoms with Crippen LogP contribution in [0.4, 0.5) is 5.69 Å². The topological polar surface area (TPSA) is 88.8 Å². The van der Waals surface area contributed by atoms with Gasteiger partial charge in [-0.2, -0.15) is 0 Å². The van der Waals surface area contributed by atoms with Crippen LogP contribution < -0.4 is 5.32 Å². The molecule has 1 amide bonds. The van der Waals surface area contributed by atoms with E-state index in [9.17, 15) is 14.7 Å². The first-order valence-electron chi connectivity index (χ1n) is 8.85. The van der Waals surface area contributed by atoms with Crippen molar-refractivity contribution in [2.75, 3.05) is 11.9 Å². The van der Waals surface area contributed by atoms with E-state index in [-0.39, 0.29) is 18.8 Å². The second-order valence-electron chi connectivity index (χ2n) is 6.66. The first kappa shape index (κ1) is 17.1. The van der Waals surface area contributed by atoms with Crippen LogP contribution >= 0.6 is 0 Å². The fourth-order valence-corrected chi connectivity index (χ4v) is 3.38. The van der Waals surface area contributed by atoms with E-state index >= 15 is 0 Å². The van der Waals surface area contributed by atoms with E-state index in [4.69, 9.17) is 9.15 Å². The molecule has 0 radical (unpaired) electrons. The van der Waals surface area contributed by atoms with Gasteiger partial charge < -0.3 is 19.6 Å². The van der Waals surface area contributed by atoms with Crippen molar-refractivity contribution >= 4 is 28.5 Å². The number of phenols is 1. The molecule has 2 aromatic carbocycles. The molecule has 0 fully saturated rings. The molecular weight excluding hydrogens is 346 g/mol. The summed E-state index contributed by atoms with van der Waals surface area (Å²) in [6.45, 7) is -0.370. The molecular formula is C21H19NO5. The first-order valence-corrected chi connectivity index (χ1v) is 8.85. The molecule has 1 aromatic heterocycles. The van der Waals surface area contributed by atoms with Crippen LogP contribution in [0.2, 0.25) is 0 Å². The van der Waals surface area contributed by atoms with Gasteiger partial charge in [0.15, 0.2) is 6.61 Å². The summed E-state index contributed by atoms with van der Waals surface area (Å²) in [4.78, 5) is 24.0. The second-order valence-corrected chi connectivity index (χ2v) is 6.66. The summed E-state index contributed by atoms with van der Waals surface area (Å²) in [5, 5.41) is 12.8. The highest BCUT2D eigenvalue weighted by Gasteiger charge is 2.17. The van der Waals surface area contributed by atoms with Crippen molar-refractivity contribution in [2.24, 2.45) is 0 Å². The van der Waals surface area contributed by atoms with Gasteiger partial charge in [0, 0.05) is 16.6 Å². The molecule has 0 saturated carbocycles. The number of hydrogen-bond donors (Lipinski definition) is 2. The van der Waals surface area contributed by atoms with Gasteiger partial charge >= 0.3 is 5.97 Å². The highest BCUT2D eigenvalue weighted by molar-refractivity contribution is 5.93. The number of anilines is 1. The molecule has 1 aliphatic carbocycles. The van der Waals surface area contributed by atoms with Crippen molar-refractivity contribution in [1.82, 2.24) is 0 Å². The summed E-state index contributed by atoms with van der Waals surface area (Å²) in [7, 11) is 0. The summed E-state index contributed by atoms with van der Waals surface area (Å²) >= 11 is 0. The Kier molecular flexibility index (Phi) is 4.54. The molecule has 27 heavy (non-hydrogen) atoms. The van der Waals surface area contributed by atoms with Crippen LogP contribution in [0.15, 0.2) is 47.1 Å². The highest BCUT2D eigenvalue weighted by atomic mass is 16.5. The molecule has 0 atom stereocenters. The lowest BCUT2D eigenvalue weighted by Crippen LogP contribution is -2.21. The van der Waals surface area contributed by atoms with Crippen molar-refractivity contribution in [3.05, 3.63) is 59.4 Å². The van der Waals surface area contributed by atoms with Crippen molar-refractivity contribution in [1.29, 1.82) is 0 Å². The van der Waals surface area contributed by atoms with Crippen LogP contribution in [0.3, 0.4) is 0 Å². The number of ether oxygens (including phenoxy) is 1. The lowest BCUT2D eigenvalue weighted by Gasteiger charge is -2.06. The number of aromatic hydroxyl groups is 1. The smallest absolute Gasteiger partial charge is 0.310 e. The molecule has 0 spiro atoms. The molecule has 3 aromatic rings. The van der Waals surface area contributed by atoms with E-state index in [1.165, 1.54) is 23.3 Å². The van der Waals surface area contributed by atoms with E-state index in [2.05, 4.69) is 17.4 Å². The Morgan fingerprint density at radius 1 is 1.11 bits per heavy atom. The van der Waals surface area contributed by atoms with Crippen LogP contribution in [0.1, 0.15) is 23.1 Å². The molecule has 0 unspecified atom stereocenters. The van der Waals surface area contributed by atoms with Crippen LogP contribution in [0, 0.1) is 0 Å². The highest BCUT2D eigenvalue weighted by Crippen LogP contribution is 2.30. The third-order valence-electron chi connectivity index (χ3n) is 4.72. The van der Waals surface area contributed by atoms with Gasteiger partial charge in [-0.3, -0.25) is 9.59 Å². The molecule has 0 saturated heterocycles. The van der Waals surface area contributed by atoms with Gasteiger partial charge in [0.05, 0.1) is 12.7 Å². The molecule has 4 rings (SSSR count). The Hall–Kier alpha value is -3.28. The molecule has 1 heterocycles. The van der Waals surface area contributed by atoms with E-state index < -0.39 is 11.9 Å². The zero-order valence-electron chi connectivity index (χ0n) is 14.7. The fourth-order valence-electron chi connectivity index (χ4n) is 3.38. The van der Waals surface area contributed by atoms with Gasteiger partial charge in [-0.1, -0.05) is 0 Å². The monoisotopic (exact) mass is 365 g/mol. The number of rotatable bonds is 5. The molecule has 0 bridgehead atoms. The Morgan fingerprint density at radius 2 is 1.85 bits per heavy atom. The largest absolute Gasteiger partial charge is 0.508 e. The standard InChI is InChI=1S/C21H19NO5/c23-17-6-4-16(5-7-17)22-20(24)12-27-21(25)10-15-11-26-19-9-14-3-1-2-13(14)8-18(15)19/h4-9,11,23H,1-3,10,12H2,(H,22,24). The van der Waals surface area contributed by atoms with Gasteiger partial charge in [-0.25, -0.2) is 0 Å². The number of amides is 1. The van der Waals surface area contributed by atoms with E-state index in [1.807, 2.05) is 0 Å². The van der Waals surface area contributed by atoms with Gasteiger partial charge in [0.2, 0.25) is 0 Å². The zero-order chi connectivity index (χ0) is 18.8. The third kappa shape index (κ3) is 3.79. The summed E-state index contributed by atoms with van der Waals surface area (Å²) in [6, 6.07) is 10.2. The van der Waals surface area contributed by atoms with Crippen molar-refractivity contribution in [2.45, 2.75) is 25.7 Å². The minimum Gasteiger partial charge on any atom is -0.508 e. The average molecular weight is 365 g/mol. The number of benzene rings is 2. The number of aryl methyl sites for hydroxylation is 2. The lowest BCUT2D eigenvalue weighted by atomic mass is 10.0. The van der Waals surface area contributed by atoms with Crippen LogP contribution in [0.5, 0.6) is 5.75 Å². The van der Waals surface area contributed by atoms with Gasteiger partial charge in [-0.05, 0) is 66.8 Å². The van der Waals surface area contributed by atoms with Crippen LogP contribution in [-0.4, -0.2) is 23.6 Å². The number of hydrogen-bond acceptors (Lipinski definition) is 5. The normalized spacial score (nSPS) is 12.7. The van der Waals surface area contributed by atoms with Gasteiger partial charge in [0.25, 0.3) is 5.91 Å². The summed E-state index contributed by atoms with van der Waals surface area (Å²) in [5.41, 5.74) is 4.69. The Balaban J connectivity index is 1.35. The number of carbonyl (C=O) groups is 2. The second kappa shape index (κ2) is 7.15. The first-order chi connectivity index (χ1) is 13.1. The number of fused-ring (bicyclic) bond motifs is 2. The summed E-state index contributed by atoms with van der Waals surface area (Å²) < 4.78 is 10.7. The Labute approximate surface area is 155 Å². The minimum atomic E-state index is -0.487. The van der Waals surface area contributed by atoms with Crippen molar-refractivity contribution < 1.29 is 23.8 Å². The molecule has 6 heteroatoms. The SMILES string of the molecule is O=C(COC(=O)Cc1coc2cc3c(cc12)CCC3)Nc1ccc(O)cc1. The fraction of sp³-hybridized carbons (Fsp3) is 0.238. The quantitative estimate of drug-likeness (QED) is 0.535. The predicted molar refractivity (Wildman–Crippen MR) is 99.6 cm³/mol. The molecule has 138 valence electrons. The number of esters is 1. The number of carbonyl (C=O) groups excluding carboxylic acids is 2. The molecule has 0 aliphatic heterocycles. The number of phenolic OH excluding ortho intramolecular Hbond substituents is 1. The number of furan rings is 1. The van der Waals surface area contributed by atoms with Gasteiger partial charge in [-0.15, -0.1) is 0 Å². The Bertz CT molecular complexity index is 1000. The molecule has 2 N–H and O–H groups in total. The minimum absolute atomic E-state index is 0.0538. The van der Waals surface area contributed by atoms with E-state index in [0.717, 1.165) is 35.8 Å². The Morgan fingerprint density at radius 3 is 2.63 bits per heavy atom. The molecule has 6 nitrogen and oxygen atoms in total. The average Bonchev–Trinajstić information content (AvgIpc) is 3.27. The molecule has 1 aliphatic rings. The maximum absolute atomic E-state index is 12.1. The van der Waals surface area contributed by atoms with Crippen molar-refractivity contribution in [3.8, 4) is 5.75 Å². The maximum atomic E-state index is 12.1. The zero-order valence-corrected chi connectivity index (χ0v) is 14.7. The van der Waals surface area contributed by atoms with Crippen molar-refractivity contribution in [3.63, 3.8) is 0 Å². The van der Waals surface area contributed by atoms with E-state index in [0.29, 0.717) is 5.69 Å². The third-order valence-corrected chi connectivity index (χ3v) is 4.72. The maximum Gasteiger partial charge on any atom is 0.310 e.